The van der Waals surface area contributed by atoms with Crippen LogP contribution in [0.4, 0.5) is 0 Å². The number of hydrogen-bond donors (Lipinski definition) is 1. The molecule has 1 amide bonds. The summed E-state index contributed by atoms with van der Waals surface area (Å²) in [7, 11) is 0. The van der Waals surface area contributed by atoms with Gasteiger partial charge in [-0.05, 0) is 24.6 Å². The molecule has 0 saturated carbocycles. The van der Waals surface area contributed by atoms with Crippen molar-refractivity contribution in [3.8, 4) is 11.3 Å². The van der Waals surface area contributed by atoms with E-state index in [0.29, 0.717) is 0 Å². The third kappa shape index (κ3) is 2.05. The van der Waals surface area contributed by atoms with Crippen LogP contribution in [0.5, 0.6) is 0 Å². The number of fused-ring (bicyclic) bond motifs is 1. The Morgan fingerprint density at radius 1 is 1.20 bits per heavy atom. The molecule has 2 aromatic heterocycles. The van der Waals surface area contributed by atoms with Gasteiger partial charge in [0.25, 0.3) is 0 Å². The van der Waals surface area contributed by atoms with E-state index < -0.39 is 0 Å². The van der Waals surface area contributed by atoms with Crippen molar-refractivity contribution in [1.29, 1.82) is 0 Å². The van der Waals surface area contributed by atoms with Crippen LogP contribution in [0.1, 0.15) is 11.3 Å². The second kappa shape index (κ2) is 4.81. The lowest BCUT2D eigenvalue weighted by molar-refractivity contribution is -0.117. The maximum atomic E-state index is 11.4. The summed E-state index contributed by atoms with van der Waals surface area (Å²) < 4.78 is 1.92. The van der Waals surface area contributed by atoms with Crippen molar-refractivity contribution in [2.24, 2.45) is 5.73 Å². The van der Waals surface area contributed by atoms with Crippen LogP contribution in [-0.4, -0.2) is 15.3 Å². The Hall–Kier alpha value is -2.62. The number of pyridine rings is 1. The largest absolute Gasteiger partial charge is 0.369 e. The van der Waals surface area contributed by atoms with E-state index in [1.54, 1.807) is 0 Å². The monoisotopic (exact) mass is 265 g/mol. The van der Waals surface area contributed by atoms with Crippen molar-refractivity contribution in [1.82, 2.24) is 9.38 Å². The Kier molecular flexibility index (Phi) is 2.99. The Balaban J connectivity index is 2.29. The van der Waals surface area contributed by atoms with E-state index in [-0.39, 0.29) is 12.3 Å². The minimum atomic E-state index is -0.356. The Bertz CT molecular complexity index is 789. The summed E-state index contributed by atoms with van der Waals surface area (Å²) in [4.78, 5) is 16.0. The van der Waals surface area contributed by atoms with Gasteiger partial charge in [-0.1, -0.05) is 30.3 Å². The van der Waals surface area contributed by atoms with Gasteiger partial charge in [0.2, 0.25) is 5.91 Å². The second-order valence-corrected chi connectivity index (χ2v) is 4.79. The molecule has 0 bridgehead atoms. The minimum Gasteiger partial charge on any atom is -0.369 e. The molecule has 3 aromatic rings. The van der Waals surface area contributed by atoms with Crippen LogP contribution in [0.3, 0.4) is 0 Å². The fraction of sp³-hybridized carbons (Fsp3) is 0.125. The molecular formula is C16H15N3O. The molecule has 20 heavy (non-hydrogen) atoms. The number of rotatable bonds is 3. The summed E-state index contributed by atoms with van der Waals surface area (Å²) >= 11 is 0. The topological polar surface area (TPSA) is 60.4 Å². The van der Waals surface area contributed by atoms with Crippen molar-refractivity contribution in [3.63, 3.8) is 0 Å². The number of primary amides is 1. The highest BCUT2D eigenvalue weighted by Crippen LogP contribution is 2.27. The minimum absolute atomic E-state index is 0.175. The van der Waals surface area contributed by atoms with Gasteiger partial charge in [-0.2, -0.15) is 0 Å². The van der Waals surface area contributed by atoms with Gasteiger partial charge in [0.1, 0.15) is 5.65 Å². The molecular weight excluding hydrogens is 250 g/mol. The molecule has 2 N–H and O–H groups in total. The van der Waals surface area contributed by atoms with Crippen molar-refractivity contribution in [2.45, 2.75) is 13.3 Å². The van der Waals surface area contributed by atoms with Gasteiger partial charge in [0, 0.05) is 11.8 Å². The smallest absolute Gasteiger partial charge is 0.223 e. The van der Waals surface area contributed by atoms with E-state index in [1.165, 1.54) is 0 Å². The fourth-order valence-corrected chi connectivity index (χ4v) is 2.43. The highest BCUT2D eigenvalue weighted by molar-refractivity contribution is 5.80. The molecule has 4 nitrogen and oxygen atoms in total. The molecule has 0 unspecified atom stereocenters. The first-order chi connectivity index (χ1) is 9.66. The predicted octanol–water partition coefficient (Wildman–Crippen LogP) is 2.34. The van der Waals surface area contributed by atoms with E-state index in [1.807, 2.05) is 60.0 Å². The standard InChI is InChI=1S/C16H15N3O/c1-11-6-2-3-7-12(11)16-13(10-14(17)20)19-9-5-4-8-15(19)18-16/h2-9H,10H2,1H3,(H2,17,20). The van der Waals surface area contributed by atoms with E-state index in [9.17, 15) is 4.79 Å². The first kappa shape index (κ1) is 12.4. The lowest BCUT2D eigenvalue weighted by Gasteiger charge is -2.05. The van der Waals surface area contributed by atoms with Gasteiger partial charge in [0.05, 0.1) is 17.8 Å². The van der Waals surface area contributed by atoms with Gasteiger partial charge in [-0.3, -0.25) is 4.79 Å². The lowest BCUT2D eigenvalue weighted by Crippen LogP contribution is -2.15. The summed E-state index contributed by atoms with van der Waals surface area (Å²) in [6, 6.07) is 13.8. The number of carbonyl (C=O) groups excluding carboxylic acids is 1. The van der Waals surface area contributed by atoms with Gasteiger partial charge >= 0.3 is 0 Å². The van der Waals surface area contributed by atoms with Crippen LogP contribution in [0.2, 0.25) is 0 Å². The van der Waals surface area contributed by atoms with Crippen LogP contribution < -0.4 is 5.73 Å². The average Bonchev–Trinajstić information content (AvgIpc) is 2.78. The number of hydrogen-bond acceptors (Lipinski definition) is 2. The number of imidazole rings is 1. The SMILES string of the molecule is Cc1ccccc1-c1nc2ccccn2c1CC(N)=O. The number of aryl methyl sites for hydroxylation is 1. The molecule has 4 heteroatoms. The fourth-order valence-electron chi connectivity index (χ4n) is 2.43. The quantitative estimate of drug-likeness (QED) is 0.790. The highest BCUT2D eigenvalue weighted by atomic mass is 16.1. The predicted molar refractivity (Wildman–Crippen MR) is 78.3 cm³/mol. The average molecular weight is 265 g/mol. The molecule has 0 aliphatic carbocycles. The molecule has 0 saturated heterocycles. The van der Waals surface area contributed by atoms with E-state index in [0.717, 1.165) is 28.2 Å². The Morgan fingerprint density at radius 3 is 2.70 bits per heavy atom. The molecule has 0 radical (unpaired) electrons. The molecule has 100 valence electrons. The van der Waals surface area contributed by atoms with Crippen LogP contribution in [0.25, 0.3) is 16.9 Å². The van der Waals surface area contributed by atoms with Gasteiger partial charge in [-0.15, -0.1) is 0 Å². The molecule has 0 aliphatic heterocycles. The van der Waals surface area contributed by atoms with E-state index >= 15 is 0 Å². The van der Waals surface area contributed by atoms with Crippen molar-refractivity contribution in [3.05, 3.63) is 59.9 Å². The van der Waals surface area contributed by atoms with Gasteiger partial charge < -0.3 is 10.1 Å². The highest BCUT2D eigenvalue weighted by Gasteiger charge is 2.16. The van der Waals surface area contributed by atoms with Gasteiger partial charge in [-0.25, -0.2) is 4.98 Å². The first-order valence-electron chi connectivity index (χ1n) is 6.47. The Morgan fingerprint density at radius 2 is 1.95 bits per heavy atom. The van der Waals surface area contributed by atoms with Crippen molar-refractivity contribution >= 4 is 11.6 Å². The molecule has 0 atom stereocenters. The number of amides is 1. The zero-order valence-electron chi connectivity index (χ0n) is 11.2. The maximum Gasteiger partial charge on any atom is 0.223 e. The zero-order valence-corrected chi connectivity index (χ0v) is 11.2. The third-order valence-electron chi connectivity index (χ3n) is 3.37. The van der Waals surface area contributed by atoms with Crippen LogP contribution in [0, 0.1) is 6.92 Å². The number of benzene rings is 1. The molecule has 1 aromatic carbocycles. The zero-order chi connectivity index (χ0) is 14.1. The number of aromatic nitrogens is 2. The van der Waals surface area contributed by atoms with Crippen molar-refractivity contribution in [2.75, 3.05) is 0 Å². The maximum absolute atomic E-state index is 11.4. The van der Waals surface area contributed by atoms with Crippen molar-refractivity contribution < 1.29 is 4.79 Å². The molecule has 0 spiro atoms. The number of nitrogens with zero attached hydrogens (tertiary/aromatic N) is 2. The lowest BCUT2D eigenvalue weighted by atomic mass is 10.0. The van der Waals surface area contributed by atoms with Gasteiger partial charge in [0.15, 0.2) is 0 Å². The van der Waals surface area contributed by atoms with Crippen LogP contribution in [0.15, 0.2) is 48.7 Å². The summed E-state index contributed by atoms with van der Waals surface area (Å²) in [6.45, 7) is 2.04. The second-order valence-electron chi connectivity index (χ2n) is 4.79. The molecule has 0 fully saturated rings. The van der Waals surface area contributed by atoms with E-state index in [4.69, 9.17) is 5.73 Å². The molecule has 2 heterocycles. The molecule has 3 rings (SSSR count). The normalized spacial score (nSPS) is 10.8. The third-order valence-corrected chi connectivity index (χ3v) is 3.37. The number of nitrogens with two attached hydrogens (primary N) is 1. The summed E-state index contributed by atoms with van der Waals surface area (Å²) in [5.74, 6) is -0.356. The molecule has 0 aliphatic rings. The van der Waals surface area contributed by atoms with E-state index in [2.05, 4.69) is 4.98 Å². The summed E-state index contributed by atoms with van der Waals surface area (Å²) in [6.07, 6.45) is 2.08. The first-order valence-corrected chi connectivity index (χ1v) is 6.47. The Labute approximate surface area is 116 Å². The summed E-state index contributed by atoms with van der Waals surface area (Å²) in [5, 5.41) is 0. The van der Waals surface area contributed by atoms with Crippen LogP contribution in [-0.2, 0) is 11.2 Å². The number of carbonyl (C=O) groups is 1. The summed E-state index contributed by atoms with van der Waals surface area (Å²) in [5.41, 5.74) is 10.0. The van der Waals surface area contributed by atoms with Crippen LogP contribution >= 0.6 is 0 Å².